The second-order valence-electron chi connectivity index (χ2n) is 8.05. The number of hydrogen-bond acceptors (Lipinski definition) is 7. The third-order valence-corrected chi connectivity index (χ3v) is 8.01. The average Bonchev–Trinajstić information content (AvgIpc) is 3.39. The summed E-state index contributed by atoms with van der Waals surface area (Å²) in [6.45, 7) is 1.77. The molecule has 0 atom stereocenters. The molecule has 35 heavy (non-hydrogen) atoms. The summed E-state index contributed by atoms with van der Waals surface area (Å²) < 4.78 is 22.5. The lowest BCUT2D eigenvalue weighted by atomic mass is 10.1. The van der Waals surface area contributed by atoms with E-state index in [-0.39, 0.29) is 40.4 Å². The molecular weight excluding hydrogens is 562 g/mol. The molecule has 5 rings (SSSR count). The Morgan fingerprint density at radius 3 is 2.69 bits per heavy atom. The minimum absolute atomic E-state index is 0.0898. The summed E-state index contributed by atoms with van der Waals surface area (Å²) in [5.74, 6) is -0.600. The average molecular weight is 581 g/mol. The van der Waals surface area contributed by atoms with Gasteiger partial charge in [-0.2, -0.15) is 20.8 Å². The first-order valence-electron chi connectivity index (χ1n) is 10.3. The highest BCUT2D eigenvalue weighted by molar-refractivity contribution is 9.10. The molecule has 1 saturated heterocycles. The Hall–Kier alpha value is -2.97. The Balaban J connectivity index is 1.52. The highest BCUT2D eigenvalue weighted by Crippen LogP contribution is 2.48. The van der Waals surface area contributed by atoms with Crippen molar-refractivity contribution in [1.82, 2.24) is 29.7 Å². The zero-order chi connectivity index (χ0) is 24.9. The van der Waals surface area contributed by atoms with Gasteiger partial charge in [-0.25, -0.2) is 14.2 Å². The molecule has 0 saturated carbocycles. The molecule has 14 heteroatoms. The molecule has 4 aromatic heterocycles. The molecule has 0 radical (unpaired) electrons. The van der Waals surface area contributed by atoms with Gasteiger partial charge in [0, 0.05) is 12.3 Å². The number of aromatic nitrogens is 5. The second-order valence-corrected chi connectivity index (χ2v) is 11.5. The predicted octanol–water partition coefficient (Wildman–Crippen LogP) is 3.75. The molecule has 1 aliphatic heterocycles. The number of rotatable bonds is 5. The molecule has 0 unspecified atom stereocenters. The lowest BCUT2D eigenvalue weighted by molar-refractivity contribution is 0.0934. The van der Waals surface area contributed by atoms with Crippen molar-refractivity contribution in [2.75, 3.05) is 16.8 Å². The van der Waals surface area contributed by atoms with Gasteiger partial charge in [-0.1, -0.05) is 11.6 Å². The molecule has 4 aromatic rings. The van der Waals surface area contributed by atoms with Crippen LogP contribution in [0, 0.1) is 6.92 Å². The summed E-state index contributed by atoms with van der Waals surface area (Å²) in [6, 6.07) is 7.97. The van der Waals surface area contributed by atoms with Crippen molar-refractivity contribution in [1.29, 1.82) is 0 Å². The van der Waals surface area contributed by atoms with Gasteiger partial charge in [-0.05, 0) is 52.7 Å². The number of halogens is 2. The first kappa shape index (κ1) is 23.8. The van der Waals surface area contributed by atoms with Gasteiger partial charge in [0.25, 0.3) is 11.8 Å². The van der Waals surface area contributed by atoms with E-state index in [1.54, 1.807) is 37.4 Å². The van der Waals surface area contributed by atoms with Crippen molar-refractivity contribution in [3.63, 3.8) is 0 Å². The molecule has 0 spiro atoms. The molecular formula is C21H19BrClN7O4S. The van der Waals surface area contributed by atoms with Gasteiger partial charge in [0.15, 0.2) is 11.5 Å². The molecule has 182 valence electrons. The first-order chi connectivity index (χ1) is 16.6. The van der Waals surface area contributed by atoms with Gasteiger partial charge < -0.3 is 10.6 Å². The van der Waals surface area contributed by atoms with Crippen LogP contribution >= 0.6 is 38.1 Å². The maximum atomic E-state index is 13.4. The maximum absolute atomic E-state index is 13.4. The zero-order valence-corrected chi connectivity index (χ0v) is 21.3. The van der Waals surface area contributed by atoms with Crippen molar-refractivity contribution >= 4 is 61.1 Å². The Labute approximate surface area is 214 Å². The predicted molar refractivity (Wildman–Crippen MR) is 136 cm³/mol. The third kappa shape index (κ3) is 4.52. The Kier molecular flexibility index (Phi) is 6.05. The number of fused-ring (bicyclic) bond motifs is 1. The monoisotopic (exact) mass is 579 g/mol. The molecule has 11 nitrogen and oxygen atoms in total. The molecule has 1 fully saturated rings. The van der Waals surface area contributed by atoms with Crippen LogP contribution in [-0.4, -0.2) is 62.8 Å². The standard InChI is InChI=1S/C21H19BrClN7O4S/c1-11-7-13-4-6-25-29(13)18(21(32)26-12-9-35(33,34)10-12)17(11)27-20(31)15-8-16(22)28-30(15)19-14(23)3-2-5-24-19/h2-8,12,33-34H,9-10H2,1H3,(H,26,32)(H,27,31). The third-order valence-electron chi connectivity index (χ3n) is 5.46. The number of nitrogens with one attached hydrogen (secondary N) is 2. The summed E-state index contributed by atoms with van der Waals surface area (Å²) in [6.07, 6.45) is 3.08. The first-order valence-corrected chi connectivity index (χ1v) is 13.4. The highest BCUT2D eigenvalue weighted by Gasteiger charge is 2.36. The van der Waals surface area contributed by atoms with E-state index in [1.165, 1.54) is 21.5 Å². The van der Waals surface area contributed by atoms with Gasteiger partial charge in [0.1, 0.15) is 10.3 Å². The van der Waals surface area contributed by atoms with Gasteiger partial charge in [0.05, 0.1) is 40.0 Å². The van der Waals surface area contributed by atoms with Crippen molar-refractivity contribution in [3.05, 3.63) is 69.3 Å². The van der Waals surface area contributed by atoms with E-state index in [0.717, 1.165) is 0 Å². The number of anilines is 1. The minimum atomic E-state index is -2.63. The second kappa shape index (κ2) is 8.91. The van der Waals surface area contributed by atoms with Gasteiger partial charge in [-0.3, -0.25) is 18.7 Å². The summed E-state index contributed by atoms with van der Waals surface area (Å²) in [7, 11) is -2.63. The van der Waals surface area contributed by atoms with E-state index in [0.29, 0.717) is 20.7 Å². The van der Waals surface area contributed by atoms with Crippen LogP contribution < -0.4 is 10.6 Å². The van der Waals surface area contributed by atoms with Gasteiger partial charge >= 0.3 is 0 Å². The molecule has 5 heterocycles. The number of carbonyl (C=O) groups excluding carboxylic acids is 2. The summed E-state index contributed by atoms with van der Waals surface area (Å²) in [4.78, 5) is 30.9. The van der Waals surface area contributed by atoms with E-state index in [2.05, 4.69) is 41.7 Å². The minimum Gasteiger partial charge on any atom is -0.345 e. The van der Waals surface area contributed by atoms with Crippen LogP contribution in [0.25, 0.3) is 11.3 Å². The normalized spacial score (nSPS) is 16.0. The van der Waals surface area contributed by atoms with E-state index in [9.17, 15) is 18.7 Å². The van der Waals surface area contributed by atoms with E-state index in [4.69, 9.17) is 11.6 Å². The van der Waals surface area contributed by atoms with E-state index >= 15 is 0 Å². The quantitative estimate of drug-likeness (QED) is 0.281. The Bertz CT molecular complexity index is 1480. The summed E-state index contributed by atoms with van der Waals surface area (Å²) >= 11 is 9.56. The molecule has 4 N–H and O–H groups in total. The van der Waals surface area contributed by atoms with Crippen molar-refractivity contribution in [2.45, 2.75) is 13.0 Å². The van der Waals surface area contributed by atoms with Crippen LogP contribution in [0.4, 0.5) is 5.69 Å². The van der Waals surface area contributed by atoms with E-state index < -0.39 is 22.4 Å². The highest BCUT2D eigenvalue weighted by atomic mass is 79.9. The number of hydrogen-bond donors (Lipinski definition) is 4. The lowest BCUT2D eigenvalue weighted by Crippen LogP contribution is -2.50. The number of amides is 2. The topological polar surface area (TPSA) is 147 Å². The van der Waals surface area contributed by atoms with Crippen LogP contribution in [0.15, 0.2) is 47.3 Å². The van der Waals surface area contributed by atoms with Gasteiger partial charge in [-0.15, -0.1) is 0 Å². The zero-order valence-electron chi connectivity index (χ0n) is 18.1. The van der Waals surface area contributed by atoms with Crippen LogP contribution in [0.2, 0.25) is 5.02 Å². The summed E-state index contributed by atoms with van der Waals surface area (Å²) in [5, 5.41) is 14.4. The SMILES string of the molecule is Cc1cc2ccnn2c(C(=O)NC2CS(O)(O)C2)c1NC(=O)c1cc(Br)nn1-c1ncccc1Cl. The van der Waals surface area contributed by atoms with Gasteiger partial charge in [0.2, 0.25) is 0 Å². The largest absolute Gasteiger partial charge is 0.345 e. The molecule has 0 aliphatic carbocycles. The fraction of sp³-hybridized carbons (Fsp3) is 0.190. The molecule has 2 amide bonds. The lowest BCUT2D eigenvalue weighted by Gasteiger charge is -2.47. The van der Waals surface area contributed by atoms with Crippen molar-refractivity contribution in [2.24, 2.45) is 0 Å². The molecule has 0 aromatic carbocycles. The molecule has 1 aliphatic rings. The smallest absolute Gasteiger partial charge is 0.274 e. The number of nitrogens with zero attached hydrogens (tertiary/aromatic N) is 5. The molecule has 0 bridgehead atoms. The fourth-order valence-corrected chi connectivity index (χ4v) is 5.82. The Morgan fingerprint density at radius 2 is 1.97 bits per heavy atom. The Morgan fingerprint density at radius 1 is 1.20 bits per heavy atom. The van der Waals surface area contributed by atoms with Crippen LogP contribution in [-0.2, 0) is 0 Å². The number of carbonyl (C=O) groups is 2. The number of aryl methyl sites for hydroxylation is 1. The van der Waals surface area contributed by atoms with E-state index in [1.807, 2.05) is 0 Å². The van der Waals surface area contributed by atoms with Crippen molar-refractivity contribution in [3.8, 4) is 5.82 Å². The fourth-order valence-electron chi connectivity index (χ4n) is 3.88. The summed E-state index contributed by atoms with van der Waals surface area (Å²) in [5.41, 5.74) is 1.80. The van der Waals surface area contributed by atoms with Crippen LogP contribution in [0.1, 0.15) is 26.5 Å². The maximum Gasteiger partial charge on any atom is 0.274 e. The van der Waals surface area contributed by atoms with Crippen LogP contribution in [0.3, 0.4) is 0 Å². The van der Waals surface area contributed by atoms with Crippen molar-refractivity contribution < 1.29 is 18.7 Å². The number of pyridine rings is 2. The van der Waals surface area contributed by atoms with Crippen LogP contribution in [0.5, 0.6) is 0 Å².